The Morgan fingerprint density at radius 2 is 1.67 bits per heavy atom. The number of nitrogens with zero attached hydrogens (tertiary/aromatic N) is 1. The molecule has 0 aromatic carbocycles. The molecule has 1 saturated heterocycles. The molecule has 148 valence electrons. The summed E-state index contributed by atoms with van der Waals surface area (Å²) >= 11 is 2.99. The van der Waals surface area contributed by atoms with Crippen LogP contribution in [0.3, 0.4) is 0 Å². The van der Waals surface area contributed by atoms with Gasteiger partial charge in [-0.05, 0) is 34.7 Å². The number of rotatable bonds is 5. The number of carbonyl (C=O) groups excluding carboxylic acids is 3. The Kier molecular flexibility index (Phi) is 7.65. The summed E-state index contributed by atoms with van der Waals surface area (Å²) in [5, 5.41) is 0. The fourth-order valence-electron chi connectivity index (χ4n) is 2.42. The van der Waals surface area contributed by atoms with Gasteiger partial charge in [0.15, 0.2) is 29.5 Å². The fraction of sp³-hybridized carbons (Fsp3) is 0.500. The molecule has 0 spiro atoms. The summed E-state index contributed by atoms with van der Waals surface area (Å²) in [6.07, 6.45) is -3.06. The predicted octanol–water partition coefficient (Wildman–Crippen LogP) is 2.07. The number of hydrogen-bond acceptors (Lipinski definition) is 9. The molecule has 8 nitrogen and oxygen atoms in total. The smallest absolute Gasteiger partial charge is 0.303 e. The molecule has 1 aromatic heterocycles. The predicted molar refractivity (Wildman–Crippen MR) is 100 cm³/mol. The first-order valence-corrected chi connectivity index (χ1v) is 9.92. The van der Waals surface area contributed by atoms with Crippen molar-refractivity contribution < 1.29 is 37.7 Å². The van der Waals surface area contributed by atoms with Gasteiger partial charge in [0, 0.05) is 26.5 Å². The van der Waals surface area contributed by atoms with Gasteiger partial charge in [-0.15, -0.1) is 11.8 Å². The largest absolute Gasteiger partial charge is 0.471 e. The monoisotopic (exact) mass is 513 g/mol. The molecule has 0 bridgehead atoms. The van der Waals surface area contributed by atoms with E-state index in [1.165, 1.54) is 26.8 Å². The molecule has 0 saturated carbocycles. The third kappa shape index (κ3) is 6.19. The number of carbonyl (C=O) groups is 3. The molecule has 4 atom stereocenters. The van der Waals surface area contributed by atoms with E-state index in [0.29, 0.717) is 3.70 Å². The SMILES string of the molecule is CC(=O)O[C@@H]1[C@@H](OC(C)=O)[C@H](OC(C)=O)CS[C@H]1Oc1ccc(I)nc1F. The summed E-state index contributed by atoms with van der Waals surface area (Å²) in [6.45, 7) is 3.57. The van der Waals surface area contributed by atoms with Crippen molar-refractivity contribution in [3.8, 4) is 5.75 Å². The summed E-state index contributed by atoms with van der Waals surface area (Å²) in [5.74, 6) is -2.66. The lowest BCUT2D eigenvalue weighted by atomic mass is 10.1. The maximum absolute atomic E-state index is 14.0. The summed E-state index contributed by atoms with van der Waals surface area (Å²) in [4.78, 5) is 38.1. The Labute approximate surface area is 172 Å². The van der Waals surface area contributed by atoms with Gasteiger partial charge in [-0.1, -0.05) is 0 Å². The van der Waals surface area contributed by atoms with Crippen molar-refractivity contribution in [1.82, 2.24) is 4.98 Å². The van der Waals surface area contributed by atoms with Crippen molar-refractivity contribution in [2.24, 2.45) is 0 Å². The van der Waals surface area contributed by atoms with Crippen LogP contribution in [0.25, 0.3) is 0 Å². The van der Waals surface area contributed by atoms with E-state index in [4.69, 9.17) is 18.9 Å². The molecular formula is C16H17FINO7S. The van der Waals surface area contributed by atoms with Gasteiger partial charge in [-0.3, -0.25) is 14.4 Å². The minimum Gasteiger partial charge on any atom is -0.471 e. The second-order valence-corrected chi connectivity index (χ2v) is 7.78. The Hall–Kier alpha value is -1.63. The maximum atomic E-state index is 14.0. The van der Waals surface area contributed by atoms with Gasteiger partial charge in [0.25, 0.3) is 5.95 Å². The summed E-state index contributed by atoms with van der Waals surface area (Å²) in [5.41, 5.74) is -0.901. The summed E-state index contributed by atoms with van der Waals surface area (Å²) in [6, 6.07) is 2.95. The average Bonchev–Trinajstić information content (AvgIpc) is 2.53. The summed E-state index contributed by atoms with van der Waals surface area (Å²) < 4.78 is 35.8. The number of hydrogen-bond donors (Lipinski definition) is 0. The first-order valence-electron chi connectivity index (χ1n) is 7.79. The minimum absolute atomic E-state index is 0.141. The number of ether oxygens (including phenoxy) is 4. The molecule has 0 unspecified atom stereocenters. The van der Waals surface area contributed by atoms with Crippen molar-refractivity contribution in [3.63, 3.8) is 0 Å². The lowest BCUT2D eigenvalue weighted by Crippen LogP contribution is -2.55. The number of esters is 3. The van der Waals surface area contributed by atoms with Crippen molar-refractivity contribution >= 4 is 52.3 Å². The van der Waals surface area contributed by atoms with Crippen LogP contribution in [0, 0.1) is 9.65 Å². The van der Waals surface area contributed by atoms with Gasteiger partial charge in [-0.2, -0.15) is 4.39 Å². The van der Waals surface area contributed by atoms with Crippen molar-refractivity contribution in [2.75, 3.05) is 5.75 Å². The molecule has 0 N–H and O–H groups in total. The topological polar surface area (TPSA) is 101 Å². The van der Waals surface area contributed by atoms with Crippen LogP contribution < -0.4 is 4.74 Å². The second-order valence-electron chi connectivity index (χ2n) is 5.54. The third-order valence-corrected chi connectivity index (χ3v) is 5.14. The number of pyridine rings is 1. The van der Waals surface area contributed by atoms with E-state index in [-0.39, 0.29) is 11.5 Å². The van der Waals surface area contributed by atoms with Gasteiger partial charge in [0.2, 0.25) is 0 Å². The quantitative estimate of drug-likeness (QED) is 0.254. The van der Waals surface area contributed by atoms with Gasteiger partial charge in [-0.25, -0.2) is 4.98 Å². The lowest BCUT2D eigenvalue weighted by molar-refractivity contribution is -0.186. The molecule has 1 fully saturated rings. The van der Waals surface area contributed by atoms with Crippen LogP contribution in [0.1, 0.15) is 20.8 Å². The molecule has 1 aliphatic rings. The highest BCUT2D eigenvalue weighted by atomic mass is 127. The summed E-state index contributed by atoms with van der Waals surface area (Å²) in [7, 11) is 0. The van der Waals surface area contributed by atoms with Crippen LogP contribution in [0.15, 0.2) is 12.1 Å². The first kappa shape index (κ1) is 21.7. The first-order chi connectivity index (χ1) is 12.7. The van der Waals surface area contributed by atoms with Crippen molar-refractivity contribution in [3.05, 3.63) is 21.8 Å². The fourth-order valence-corrected chi connectivity index (χ4v) is 4.02. The molecule has 1 aromatic rings. The highest BCUT2D eigenvalue weighted by molar-refractivity contribution is 14.1. The zero-order chi connectivity index (χ0) is 20.1. The van der Waals surface area contributed by atoms with E-state index in [1.807, 2.05) is 22.6 Å². The van der Waals surface area contributed by atoms with Crippen LogP contribution in [0.2, 0.25) is 0 Å². The van der Waals surface area contributed by atoms with E-state index >= 15 is 0 Å². The van der Waals surface area contributed by atoms with Crippen LogP contribution in [0.5, 0.6) is 5.75 Å². The molecule has 1 aliphatic heterocycles. The van der Waals surface area contributed by atoms with E-state index in [0.717, 1.165) is 11.8 Å². The highest BCUT2D eigenvalue weighted by Gasteiger charge is 2.47. The van der Waals surface area contributed by atoms with Crippen molar-refractivity contribution in [2.45, 2.75) is 44.5 Å². The van der Waals surface area contributed by atoms with Crippen LogP contribution in [0.4, 0.5) is 4.39 Å². The van der Waals surface area contributed by atoms with E-state index in [1.54, 1.807) is 6.07 Å². The zero-order valence-electron chi connectivity index (χ0n) is 14.6. The molecular weight excluding hydrogens is 496 g/mol. The Morgan fingerprint density at radius 3 is 2.22 bits per heavy atom. The van der Waals surface area contributed by atoms with Crippen LogP contribution in [-0.4, -0.2) is 52.4 Å². The average molecular weight is 513 g/mol. The van der Waals surface area contributed by atoms with Crippen LogP contribution >= 0.6 is 34.4 Å². The third-order valence-electron chi connectivity index (χ3n) is 3.33. The number of halogens is 2. The highest BCUT2D eigenvalue weighted by Crippen LogP contribution is 2.34. The van der Waals surface area contributed by atoms with Gasteiger partial charge >= 0.3 is 17.9 Å². The number of aromatic nitrogens is 1. The van der Waals surface area contributed by atoms with Gasteiger partial charge < -0.3 is 18.9 Å². The van der Waals surface area contributed by atoms with E-state index < -0.39 is 47.6 Å². The molecule has 0 amide bonds. The lowest BCUT2D eigenvalue weighted by Gasteiger charge is -2.39. The molecule has 27 heavy (non-hydrogen) atoms. The van der Waals surface area contributed by atoms with Gasteiger partial charge in [0.05, 0.1) is 0 Å². The van der Waals surface area contributed by atoms with E-state index in [2.05, 4.69) is 4.98 Å². The zero-order valence-corrected chi connectivity index (χ0v) is 17.6. The Morgan fingerprint density at radius 1 is 1.07 bits per heavy atom. The van der Waals surface area contributed by atoms with Crippen molar-refractivity contribution in [1.29, 1.82) is 0 Å². The second kappa shape index (κ2) is 9.53. The number of thioether (sulfide) groups is 1. The normalized spacial score (nSPS) is 24.6. The van der Waals surface area contributed by atoms with Crippen LogP contribution in [-0.2, 0) is 28.6 Å². The van der Waals surface area contributed by atoms with Gasteiger partial charge in [0.1, 0.15) is 3.70 Å². The standard InChI is InChI=1S/C16H17FINO7S/c1-7(20)23-11-6-27-16(26-10-4-5-12(18)19-15(10)17)14(25-9(3)22)13(11)24-8(2)21/h4-5,11,13-14,16H,6H2,1-3H3/t11-,13+,14-,16-/m1/s1. The van der Waals surface area contributed by atoms with E-state index in [9.17, 15) is 18.8 Å². The minimum atomic E-state index is -1.12. The molecule has 11 heteroatoms. The molecule has 0 radical (unpaired) electrons. The Balaban J connectivity index is 2.30. The molecule has 2 rings (SSSR count). The molecule has 0 aliphatic carbocycles. The maximum Gasteiger partial charge on any atom is 0.303 e. The molecule has 2 heterocycles. The Bertz CT molecular complexity index is 735.